The molecular formula is C28H42N6O4. The number of carbonyl (C=O) groups is 3. The molecule has 0 bridgehead atoms. The summed E-state index contributed by atoms with van der Waals surface area (Å²) in [5, 5.41) is 11.3. The number of nitrogens with zero attached hydrogens (tertiary/aromatic N) is 3. The van der Waals surface area contributed by atoms with E-state index in [9.17, 15) is 9.59 Å². The molecule has 10 heteroatoms. The van der Waals surface area contributed by atoms with Gasteiger partial charge in [-0.2, -0.15) is 5.10 Å². The van der Waals surface area contributed by atoms with Crippen LogP contribution in [-0.4, -0.2) is 53.5 Å². The Labute approximate surface area is 225 Å². The zero-order valence-corrected chi connectivity index (χ0v) is 23.3. The Morgan fingerprint density at radius 2 is 1.89 bits per heavy atom. The normalized spacial score (nSPS) is 15.1. The van der Waals surface area contributed by atoms with Gasteiger partial charge in [-0.3, -0.25) is 24.1 Å². The first-order valence-corrected chi connectivity index (χ1v) is 13.0. The highest BCUT2D eigenvalue weighted by molar-refractivity contribution is 6.06. The molecule has 3 rings (SSSR count). The predicted octanol–water partition coefficient (Wildman–Crippen LogP) is 3.56. The summed E-state index contributed by atoms with van der Waals surface area (Å²) in [6, 6.07) is 7.02. The average molecular weight is 527 g/mol. The van der Waals surface area contributed by atoms with Gasteiger partial charge in [-0.15, -0.1) is 0 Å². The Hall–Kier alpha value is -3.69. The lowest BCUT2D eigenvalue weighted by molar-refractivity contribution is -0.125. The molecule has 1 heterocycles. The number of allylic oxidation sites excluding steroid dienone is 1. The number of para-hydroxylation sites is 1. The lowest BCUT2D eigenvalue weighted by Crippen LogP contribution is -2.54. The number of aromatic nitrogens is 2. The van der Waals surface area contributed by atoms with Gasteiger partial charge in [-0.05, 0) is 37.2 Å². The Balaban J connectivity index is 0.00000161. The molecule has 4 N–H and O–H groups in total. The van der Waals surface area contributed by atoms with Crippen LogP contribution in [0.15, 0.2) is 41.6 Å². The van der Waals surface area contributed by atoms with Crippen molar-refractivity contribution in [3.8, 4) is 0 Å². The van der Waals surface area contributed by atoms with Crippen molar-refractivity contribution in [2.75, 3.05) is 13.6 Å². The van der Waals surface area contributed by atoms with Gasteiger partial charge in [-0.1, -0.05) is 64.8 Å². The number of nitrogens with one attached hydrogen (secondary N) is 2. The number of nitrogens with two attached hydrogens (primary N) is 1. The highest BCUT2D eigenvalue weighted by atomic mass is 16.5. The summed E-state index contributed by atoms with van der Waals surface area (Å²) >= 11 is 0. The minimum atomic E-state index is -0.778. The summed E-state index contributed by atoms with van der Waals surface area (Å²) < 4.78 is 7.38. The molecule has 1 aliphatic carbocycles. The van der Waals surface area contributed by atoms with E-state index in [-0.39, 0.29) is 24.8 Å². The number of ether oxygens (including phenoxy) is 1. The van der Waals surface area contributed by atoms with E-state index in [0.717, 1.165) is 17.4 Å². The Morgan fingerprint density at radius 1 is 1.26 bits per heavy atom. The molecule has 1 aromatic heterocycles. The molecule has 1 fully saturated rings. The molecule has 0 spiro atoms. The van der Waals surface area contributed by atoms with Crippen molar-refractivity contribution >= 4 is 35.0 Å². The average Bonchev–Trinajstić information content (AvgIpc) is 3.23. The van der Waals surface area contributed by atoms with E-state index in [0.29, 0.717) is 23.3 Å². The van der Waals surface area contributed by atoms with E-state index in [4.69, 9.17) is 14.6 Å². The second kappa shape index (κ2) is 14.3. The fourth-order valence-electron chi connectivity index (χ4n) is 4.55. The number of amides is 3. The molecule has 208 valence electrons. The quantitative estimate of drug-likeness (QED) is 0.209. The zero-order valence-electron chi connectivity index (χ0n) is 23.3. The van der Waals surface area contributed by atoms with E-state index >= 15 is 0 Å². The second-order valence-corrected chi connectivity index (χ2v) is 10.6. The number of rotatable bonds is 8. The van der Waals surface area contributed by atoms with Crippen LogP contribution in [0.1, 0.15) is 70.3 Å². The van der Waals surface area contributed by atoms with Gasteiger partial charge in [0.05, 0.1) is 17.8 Å². The molecule has 1 aliphatic rings. The van der Waals surface area contributed by atoms with Gasteiger partial charge < -0.3 is 21.1 Å². The summed E-state index contributed by atoms with van der Waals surface area (Å²) in [6.45, 7) is 12.1. The molecule has 1 atom stereocenters. The third-order valence-electron chi connectivity index (χ3n) is 6.39. The van der Waals surface area contributed by atoms with E-state index in [1.54, 1.807) is 14.0 Å². The van der Waals surface area contributed by atoms with Crippen LogP contribution in [0.3, 0.4) is 0 Å². The van der Waals surface area contributed by atoms with Crippen LogP contribution in [0, 0.1) is 11.3 Å². The monoisotopic (exact) mass is 526 g/mol. The molecule has 3 amide bonds. The molecule has 38 heavy (non-hydrogen) atoms. The van der Waals surface area contributed by atoms with Gasteiger partial charge in [-0.25, -0.2) is 0 Å². The summed E-state index contributed by atoms with van der Waals surface area (Å²) in [7, 11) is 1.59. The van der Waals surface area contributed by atoms with Crippen molar-refractivity contribution in [2.24, 2.45) is 22.1 Å². The fraction of sp³-hybridized carbons (Fsp3) is 0.536. The second-order valence-electron chi connectivity index (χ2n) is 10.6. The standard InChI is InChI=1S/C27H39N5O3.CH3NO/c1-18(2)35-22(28-6)16-29-26(34)24(27(3,4)5)30-25(33)23-20-14-10-11-15-21(20)32(31-23)17-19-12-8-7-9-13-19;2-1-3/h10-11,14-15,19,24H,1,7-9,12-13,16-17H2,2-6H3,(H,29,34)(H,30,33);1H,(H2,2,3). The number of aliphatic imine (C=N–C) groups is 1. The van der Waals surface area contributed by atoms with Crippen LogP contribution in [0.2, 0.25) is 0 Å². The molecule has 0 saturated heterocycles. The van der Waals surface area contributed by atoms with Gasteiger partial charge in [0, 0.05) is 19.0 Å². The van der Waals surface area contributed by atoms with E-state index < -0.39 is 11.5 Å². The van der Waals surface area contributed by atoms with Gasteiger partial charge in [0.25, 0.3) is 5.91 Å². The van der Waals surface area contributed by atoms with E-state index in [2.05, 4.69) is 27.9 Å². The summed E-state index contributed by atoms with van der Waals surface area (Å²) in [4.78, 5) is 39.2. The molecule has 10 nitrogen and oxygen atoms in total. The summed E-state index contributed by atoms with van der Waals surface area (Å²) in [5.41, 5.74) is 4.93. The van der Waals surface area contributed by atoms with E-state index in [1.807, 2.05) is 49.7 Å². The fourth-order valence-corrected chi connectivity index (χ4v) is 4.55. The third kappa shape index (κ3) is 8.71. The van der Waals surface area contributed by atoms with Crippen molar-refractivity contribution in [3.63, 3.8) is 0 Å². The summed E-state index contributed by atoms with van der Waals surface area (Å²) in [6.07, 6.45) is 6.44. The largest absolute Gasteiger partial charge is 0.447 e. The lowest BCUT2D eigenvalue weighted by atomic mass is 9.86. The maximum atomic E-state index is 13.4. The first-order chi connectivity index (χ1) is 18.0. The van der Waals surface area contributed by atoms with Crippen LogP contribution < -0.4 is 16.4 Å². The minimum Gasteiger partial charge on any atom is -0.447 e. The van der Waals surface area contributed by atoms with Gasteiger partial charge in [0.1, 0.15) is 6.04 Å². The first kappa shape index (κ1) is 30.5. The number of carbonyl (C=O) groups excluding carboxylic acids is 3. The Morgan fingerprint density at radius 3 is 2.47 bits per heavy atom. The molecular weight excluding hydrogens is 484 g/mol. The number of benzene rings is 1. The third-order valence-corrected chi connectivity index (χ3v) is 6.39. The molecule has 1 saturated carbocycles. The van der Waals surface area contributed by atoms with Crippen molar-refractivity contribution in [2.45, 2.75) is 72.4 Å². The van der Waals surface area contributed by atoms with Crippen molar-refractivity contribution in [1.29, 1.82) is 0 Å². The minimum absolute atomic E-state index is 0.101. The van der Waals surface area contributed by atoms with Crippen molar-refractivity contribution in [1.82, 2.24) is 20.4 Å². The van der Waals surface area contributed by atoms with Crippen molar-refractivity contribution < 1.29 is 19.1 Å². The number of hydrogen-bond acceptors (Lipinski definition) is 6. The van der Waals surface area contributed by atoms with Gasteiger partial charge >= 0.3 is 0 Å². The van der Waals surface area contributed by atoms with E-state index in [1.165, 1.54) is 32.1 Å². The number of hydrogen-bond donors (Lipinski definition) is 3. The topological polar surface area (TPSA) is 141 Å². The molecule has 2 aromatic rings. The Bertz CT molecular complexity index is 1140. The van der Waals surface area contributed by atoms with Crippen LogP contribution in [-0.2, 0) is 20.9 Å². The van der Waals surface area contributed by atoms with Crippen LogP contribution in [0.5, 0.6) is 0 Å². The zero-order chi connectivity index (χ0) is 28.3. The number of fused-ring (bicyclic) bond motifs is 1. The van der Waals surface area contributed by atoms with Gasteiger partial charge in [0.15, 0.2) is 5.69 Å². The molecule has 1 aromatic carbocycles. The van der Waals surface area contributed by atoms with Crippen molar-refractivity contribution in [3.05, 3.63) is 42.3 Å². The van der Waals surface area contributed by atoms with Crippen LogP contribution in [0.25, 0.3) is 10.9 Å². The van der Waals surface area contributed by atoms with Gasteiger partial charge in [0.2, 0.25) is 18.2 Å². The molecule has 1 unspecified atom stereocenters. The lowest BCUT2D eigenvalue weighted by Gasteiger charge is -2.30. The maximum Gasteiger partial charge on any atom is 0.273 e. The predicted molar refractivity (Wildman–Crippen MR) is 150 cm³/mol. The van der Waals surface area contributed by atoms with Crippen LogP contribution >= 0.6 is 0 Å². The smallest absolute Gasteiger partial charge is 0.273 e. The van der Waals surface area contributed by atoms with Crippen LogP contribution in [0.4, 0.5) is 0 Å². The summed E-state index contributed by atoms with van der Waals surface area (Å²) in [5.74, 6) is 0.727. The highest BCUT2D eigenvalue weighted by Gasteiger charge is 2.34. The molecule has 0 radical (unpaired) electrons. The maximum absolute atomic E-state index is 13.4. The number of primary amides is 1. The highest BCUT2D eigenvalue weighted by Crippen LogP contribution is 2.28. The molecule has 0 aliphatic heterocycles. The SMILES string of the molecule is C=C(C)OC(CNC(=O)C(NC(=O)c1nn(CC2CCCCC2)c2ccccc12)C(C)(C)C)=NC.NC=O. The first-order valence-electron chi connectivity index (χ1n) is 13.0. The Kier molecular flexibility index (Phi) is 11.5.